The van der Waals surface area contributed by atoms with Crippen molar-refractivity contribution in [1.82, 2.24) is 0 Å². The van der Waals surface area contributed by atoms with Crippen molar-refractivity contribution < 1.29 is 28.6 Å². The molecule has 0 amide bonds. The zero-order chi connectivity index (χ0) is 49.3. The van der Waals surface area contributed by atoms with Crippen LogP contribution in [0.2, 0.25) is 0 Å². The van der Waals surface area contributed by atoms with E-state index in [1.165, 1.54) is 135 Å². The Labute approximate surface area is 419 Å². The molecule has 0 aromatic rings. The highest BCUT2D eigenvalue weighted by Gasteiger charge is 2.19. The molecule has 0 rings (SSSR count). The van der Waals surface area contributed by atoms with E-state index in [2.05, 4.69) is 57.2 Å². The number of unbranched alkanes of at least 4 members (excludes halogenated alkanes) is 28. The fourth-order valence-corrected chi connectivity index (χ4v) is 7.74. The standard InChI is InChI=1S/C62H104O6/c1-4-7-10-13-16-19-22-25-28-31-34-37-40-43-46-49-52-55-61(64)67-58-59(57-66-60(63)54-51-48-45-42-39-36-33-30-27-24-21-18-15-12-9-6-3)68-62(65)56-53-50-47-44-41-38-35-32-29-26-23-20-17-14-11-8-5-2/h7,10,13,16-17,19-20,22,25-26,28-29,31,34,37,40,59H,4-6,8-9,11-12,14-15,18,21,23-24,27,30,32-33,35-36,38-39,41-58H2,1-3H3/b10-7-,16-13-,20-17-,22-19-,28-25-,29-26-,34-31+,40-37-. The number of esters is 3. The van der Waals surface area contributed by atoms with Gasteiger partial charge in [-0.2, -0.15) is 0 Å². The predicted molar refractivity (Wildman–Crippen MR) is 293 cm³/mol. The van der Waals surface area contributed by atoms with E-state index in [1.807, 2.05) is 60.8 Å². The highest BCUT2D eigenvalue weighted by atomic mass is 16.6. The molecule has 0 spiro atoms. The molecule has 0 aliphatic heterocycles. The van der Waals surface area contributed by atoms with Gasteiger partial charge in [0.25, 0.3) is 0 Å². The van der Waals surface area contributed by atoms with Crippen LogP contribution in [-0.2, 0) is 28.6 Å². The molecule has 0 aromatic heterocycles. The Kier molecular flexibility index (Phi) is 52.9. The second kappa shape index (κ2) is 55.9. The van der Waals surface area contributed by atoms with Crippen molar-refractivity contribution in [3.8, 4) is 0 Å². The van der Waals surface area contributed by atoms with Gasteiger partial charge in [0.2, 0.25) is 0 Å². The minimum absolute atomic E-state index is 0.0940. The monoisotopic (exact) mass is 945 g/mol. The minimum atomic E-state index is -0.800. The first-order valence-corrected chi connectivity index (χ1v) is 28.3. The highest BCUT2D eigenvalue weighted by molar-refractivity contribution is 5.71. The summed E-state index contributed by atoms with van der Waals surface area (Å²) in [5, 5.41) is 0. The average Bonchev–Trinajstić information content (AvgIpc) is 3.34. The van der Waals surface area contributed by atoms with Crippen LogP contribution in [0.3, 0.4) is 0 Å². The lowest BCUT2D eigenvalue weighted by Crippen LogP contribution is -2.30. The molecule has 0 N–H and O–H groups in total. The molecular weight excluding hydrogens is 841 g/mol. The van der Waals surface area contributed by atoms with Crippen molar-refractivity contribution in [2.75, 3.05) is 13.2 Å². The third-order valence-electron chi connectivity index (χ3n) is 12.0. The topological polar surface area (TPSA) is 78.9 Å². The Balaban J connectivity index is 4.48. The smallest absolute Gasteiger partial charge is 0.306 e. The van der Waals surface area contributed by atoms with Crippen LogP contribution in [0.15, 0.2) is 97.2 Å². The lowest BCUT2D eigenvalue weighted by molar-refractivity contribution is -0.167. The van der Waals surface area contributed by atoms with Gasteiger partial charge < -0.3 is 14.2 Å². The van der Waals surface area contributed by atoms with E-state index in [1.54, 1.807) is 0 Å². The van der Waals surface area contributed by atoms with Crippen molar-refractivity contribution in [2.24, 2.45) is 0 Å². The van der Waals surface area contributed by atoms with E-state index in [4.69, 9.17) is 14.2 Å². The quantitative estimate of drug-likeness (QED) is 0.0199. The van der Waals surface area contributed by atoms with Gasteiger partial charge >= 0.3 is 17.9 Å². The van der Waals surface area contributed by atoms with Gasteiger partial charge in [-0.3, -0.25) is 14.4 Å². The third-order valence-corrected chi connectivity index (χ3v) is 12.0. The molecule has 1 unspecified atom stereocenters. The first-order valence-electron chi connectivity index (χ1n) is 28.3. The number of allylic oxidation sites excluding steroid dienone is 16. The number of rotatable bonds is 50. The van der Waals surface area contributed by atoms with E-state index in [0.717, 1.165) is 83.5 Å². The lowest BCUT2D eigenvalue weighted by Gasteiger charge is -2.18. The van der Waals surface area contributed by atoms with E-state index < -0.39 is 6.10 Å². The van der Waals surface area contributed by atoms with Gasteiger partial charge in [-0.15, -0.1) is 0 Å². The maximum Gasteiger partial charge on any atom is 0.306 e. The van der Waals surface area contributed by atoms with Crippen LogP contribution >= 0.6 is 0 Å². The predicted octanol–water partition coefficient (Wildman–Crippen LogP) is 18.9. The van der Waals surface area contributed by atoms with Crippen molar-refractivity contribution in [1.29, 1.82) is 0 Å². The molecule has 0 radical (unpaired) electrons. The normalized spacial score (nSPS) is 12.8. The molecule has 6 heteroatoms. The Morgan fingerprint density at radius 1 is 0.324 bits per heavy atom. The molecule has 0 aromatic carbocycles. The third kappa shape index (κ3) is 53.3. The Bertz CT molecular complexity index is 1360. The summed E-state index contributed by atoms with van der Waals surface area (Å²) in [5.41, 5.74) is 0. The van der Waals surface area contributed by atoms with Gasteiger partial charge in [0.15, 0.2) is 6.10 Å². The molecule has 0 heterocycles. The van der Waals surface area contributed by atoms with Crippen LogP contribution in [0.4, 0.5) is 0 Å². The zero-order valence-electron chi connectivity index (χ0n) is 44.3. The Morgan fingerprint density at radius 3 is 1.06 bits per heavy atom. The number of hydrogen-bond acceptors (Lipinski definition) is 6. The second-order valence-electron chi connectivity index (χ2n) is 18.6. The number of ether oxygens (including phenoxy) is 3. The summed E-state index contributed by atoms with van der Waals surface area (Å²) in [6.07, 6.45) is 73.9. The van der Waals surface area contributed by atoms with E-state index >= 15 is 0 Å². The molecule has 1 atom stereocenters. The van der Waals surface area contributed by atoms with Crippen molar-refractivity contribution in [3.05, 3.63) is 97.2 Å². The van der Waals surface area contributed by atoms with Crippen LogP contribution in [0.1, 0.15) is 258 Å². The average molecular weight is 946 g/mol. The molecule has 0 aliphatic rings. The molecule has 6 nitrogen and oxygen atoms in total. The maximum absolute atomic E-state index is 12.9. The van der Waals surface area contributed by atoms with Crippen LogP contribution in [0.5, 0.6) is 0 Å². The number of carbonyl (C=O) groups excluding carboxylic acids is 3. The van der Waals surface area contributed by atoms with Gasteiger partial charge in [0.05, 0.1) is 0 Å². The summed E-state index contributed by atoms with van der Waals surface area (Å²) in [6.45, 7) is 6.44. The van der Waals surface area contributed by atoms with Crippen molar-refractivity contribution in [3.63, 3.8) is 0 Å². The zero-order valence-corrected chi connectivity index (χ0v) is 44.3. The van der Waals surface area contributed by atoms with Crippen molar-refractivity contribution in [2.45, 2.75) is 264 Å². The molecular formula is C62H104O6. The maximum atomic E-state index is 12.9. The van der Waals surface area contributed by atoms with Crippen LogP contribution in [0, 0.1) is 0 Å². The van der Waals surface area contributed by atoms with E-state index in [9.17, 15) is 14.4 Å². The van der Waals surface area contributed by atoms with E-state index in [-0.39, 0.29) is 31.1 Å². The second-order valence-corrected chi connectivity index (χ2v) is 18.6. The molecule has 0 saturated heterocycles. The van der Waals surface area contributed by atoms with Gasteiger partial charge in [0, 0.05) is 19.3 Å². The van der Waals surface area contributed by atoms with Gasteiger partial charge in [-0.05, 0) is 70.6 Å². The fraction of sp³-hybridized carbons (Fsp3) is 0.694. The summed E-state index contributed by atoms with van der Waals surface area (Å²) in [4.78, 5) is 38.1. The number of carbonyl (C=O) groups is 3. The lowest BCUT2D eigenvalue weighted by atomic mass is 10.0. The summed E-state index contributed by atoms with van der Waals surface area (Å²) in [7, 11) is 0. The molecule has 68 heavy (non-hydrogen) atoms. The summed E-state index contributed by atoms with van der Waals surface area (Å²) < 4.78 is 16.8. The van der Waals surface area contributed by atoms with Crippen molar-refractivity contribution >= 4 is 17.9 Å². The molecule has 388 valence electrons. The van der Waals surface area contributed by atoms with Crippen LogP contribution < -0.4 is 0 Å². The van der Waals surface area contributed by atoms with Gasteiger partial charge in [-0.1, -0.05) is 266 Å². The molecule has 0 fully saturated rings. The Hall–Kier alpha value is -3.67. The van der Waals surface area contributed by atoms with E-state index in [0.29, 0.717) is 19.3 Å². The van der Waals surface area contributed by atoms with Gasteiger partial charge in [0.1, 0.15) is 13.2 Å². The summed E-state index contributed by atoms with van der Waals surface area (Å²) in [5.74, 6) is -0.942. The summed E-state index contributed by atoms with van der Waals surface area (Å²) in [6, 6.07) is 0. The first kappa shape index (κ1) is 64.3. The number of hydrogen-bond donors (Lipinski definition) is 0. The Morgan fingerprint density at radius 2 is 0.632 bits per heavy atom. The molecule has 0 aliphatic carbocycles. The molecule has 0 bridgehead atoms. The SMILES string of the molecule is CC\C=C/C=C\C=C/C=C\C=C\C=C/CCCCCC(=O)OCC(COC(=O)CCCCCCCCCCCCCCCCCC)OC(=O)CCCCCCCCC/C=C\C/C=C\CCCCC. The summed E-state index contributed by atoms with van der Waals surface area (Å²) >= 11 is 0. The first-order chi connectivity index (χ1) is 33.5. The van der Waals surface area contributed by atoms with Gasteiger partial charge in [-0.25, -0.2) is 0 Å². The fourth-order valence-electron chi connectivity index (χ4n) is 7.74. The molecule has 0 saturated carbocycles. The highest BCUT2D eigenvalue weighted by Crippen LogP contribution is 2.16. The minimum Gasteiger partial charge on any atom is -0.462 e. The largest absolute Gasteiger partial charge is 0.462 e. The van der Waals surface area contributed by atoms with Crippen LogP contribution in [-0.4, -0.2) is 37.2 Å². The van der Waals surface area contributed by atoms with Crippen LogP contribution in [0.25, 0.3) is 0 Å².